The van der Waals surface area contributed by atoms with Gasteiger partial charge in [-0.15, -0.1) is 20.4 Å². The summed E-state index contributed by atoms with van der Waals surface area (Å²) in [7, 11) is 2.68. The number of aliphatic carboxylic acids is 1. The Morgan fingerprint density at radius 1 is 0.481 bits per heavy atom. The number of nitrogens with one attached hydrogen (secondary N) is 1. The molecule has 0 aliphatic heterocycles. The van der Waals surface area contributed by atoms with Gasteiger partial charge in [-0.1, -0.05) is 99.2 Å². The third-order valence-corrected chi connectivity index (χ3v) is 13.2. The minimum Gasteiger partial charge on any atom is -0.870 e. The van der Waals surface area contributed by atoms with Crippen LogP contribution in [0.3, 0.4) is 0 Å². The zero-order valence-corrected chi connectivity index (χ0v) is 58.4. The third-order valence-electron chi connectivity index (χ3n) is 12.2. The predicted molar refractivity (Wildman–Crippen MR) is 386 cm³/mol. The number of phenolic OH excluding ortho intramolecular Hbond substituents is 2. The zero-order valence-electron chi connectivity index (χ0n) is 55.3. The van der Waals surface area contributed by atoms with Gasteiger partial charge >= 0.3 is 49.1 Å². The molecule has 0 bridgehead atoms. The van der Waals surface area contributed by atoms with Crippen molar-refractivity contribution >= 4 is 80.0 Å². The van der Waals surface area contributed by atoms with Crippen LogP contribution in [0.25, 0.3) is 22.7 Å². The molecule has 4 aromatic heterocycles. The van der Waals surface area contributed by atoms with Crippen molar-refractivity contribution in [3.05, 3.63) is 204 Å². The smallest absolute Gasteiger partial charge is 0.870 e. The van der Waals surface area contributed by atoms with Gasteiger partial charge in [0.25, 0.3) is 5.91 Å². The van der Waals surface area contributed by atoms with Gasteiger partial charge in [0, 0.05) is 47.4 Å². The maximum atomic E-state index is 12.9. The molecule has 0 aliphatic rings. The Bertz CT molecular complexity index is 4400. The van der Waals surface area contributed by atoms with Crippen LogP contribution in [-0.2, 0) is 41.0 Å². The van der Waals surface area contributed by atoms with Crippen LogP contribution in [-0.4, -0.2) is 163 Å². The van der Waals surface area contributed by atoms with Gasteiger partial charge in [-0.05, 0) is 166 Å². The quantitative estimate of drug-likeness (QED) is 0.0183. The van der Waals surface area contributed by atoms with Crippen LogP contribution < -0.4 is 49.9 Å². The average molecular weight is 1620 g/mol. The summed E-state index contributed by atoms with van der Waals surface area (Å²) in [6.45, 7) is 6.27. The number of halogens is 9. The number of hydrogen-bond donors (Lipinski definition) is 6. The Kier molecular flexibility index (Phi) is 44.3. The summed E-state index contributed by atoms with van der Waals surface area (Å²) in [6.07, 6.45) is -5.83. The number of benzene rings is 7. The number of tetrazole rings is 4. The van der Waals surface area contributed by atoms with Crippen LogP contribution in [0.5, 0.6) is 28.7 Å². The number of carbonyl (C=O) groups excluding carboxylic acids is 3. The van der Waals surface area contributed by atoms with E-state index in [1.165, 1.54) is 90.3 Å². The number of carboxylic acid groups (broad SMARTS) is 1. The molecule has 0 saturated heterocycles. The van der Waals surface area contributed by atoms with E-state index >= 15 is 0 Å². The van der Waals surface area contributed by atoms with E-state index in [1.54, 1.807) is 123 Å². The molecule has 0 saturated carbocycles. The van der Waals surface area contributed by atoms with Gasteiger partial charge in [-0.3, -0.25) is 9.59 Å². The van der Waals surface area contributed by atoms with E-state index in [0.717, 1.165) is 35.6 Å². The fraction of sp³-hybridized carbons (Fsp3) is 0.242. The summed E-state index contributed by atoms with van der Waals surface area (Å²) < 4.78 is 106. The first-order valence-electron chi connectivity index (χ1n) is 28.7. The number of carbonyl (C=O) groups is 4. The van der Waals surface area contributed by atoms with Gasteiger partial charge < -0.3 is 61.3 Å². The van der Waals surface area contributed by atoms with Crippen molar-refractivity contribution in [3.63, 3.8) is 0 Å². The molecule has 1 amide bonds. The van der Waals surface area contributed by atoms with Crippen molar-refractivity contribution in [1.29, 1.82) is 0 Å². The Morgan fingerprint density at radius 3 is 1.14 bits per heavy atom. The number of amides is 1. The van der Waals surface area contributed by atoms with E-state index in [-0.39, 0.29) is 92.7 Å². The molecule has 108 heavy (non-hydrogen) atoms. The van der Waals surface area contributed by atoms with Crippen LogP contribution in [0.15, 0.2) is 183 Å². The number of nitrogens with zero attached hydrogens (tertiary/aromatic N) is 16. The molecular formula is C66H77BrCl2F6LiN19O13. The first-order chi connectivity index (χ1) is 48.3. The number of methoxy groups -OCH3 is 2. The van der Waals surface area contributed by atoms with Crippen molar-refractivity contribution in [3.8, 4) is 51.5 Å². The number of alkyl halides is 7. The minimum absolute atomic E-state index is 0. The number of rotatable bonds is 15. The van der Waals surface area contributed by atoms with Crippen LogP contribution in [0.4, 0.5) is 43.4 Å². The monoisotopic (exact) mass is 1610 g/mol. The molecule has 4 unspecified atom stereocenters. The molecule has 9 N–H and O–H groups in total. The summed E-state index contributed by atoms with van der Waals surface area (Å²) in [6, 6.07) is 40.2. The Morgan fingerprint density at radius 2 is 0.824 bits per heavy atom. The molecule has 32 nitrogen and oxygen atoms in total. The fourth-order valence-electron chi connectivity index (χ4n) is 7.29. The van der Waals surface area contributed by atoms with Crippen LogP contribution in [0.1, 0.15) is 68.5 Å². The van der Waals surface area contributed by atoms with Crippen molar-refractivity contribution in [1.82, 2.24) is 80.8 Å². The topological polar surface area (TPSA) is 444 Å². The standard InChI is InChI=1S/C17H13ClF3N5O2.C11H12N4O3.C10H10N4O3.C7H5ClF3N.C7H6N4O.C6H7NO.C4H7BrO2.4CH4.Li.H2O/c1-10(28-13-4-2-3-12(8-13)26-9-22-24-25-26)16(27)23-11-5-6-15(18)14(7-11)17(19,20)21;1-8(11(16)17-2)18-10-5-3-4-9(6-10)15-7-12-13-14-15;1-7(10(15)16)17-9-4-2-3-8(5-9)14-6-11-12-13-14;8-6-2-1-4(12)3-5(6)7(9,10)11;12-7-3-1-2-6(4-7)11-5-8-9-10-11;7-5-2-1-3-6(8)4-5;1-3(5)4(6)7-2;;;;;;/h2-10H,1H3,(H,23,27);3-8H,1-2H3;2-7H,1H3,(H,15,16);1-3H,12H2;1-5,12H;1-4,8H,7H2;3H,1-2H3;4*1H4;;1H2/q;;;;;;;;;;;+1;/p-1. The Balaban J connectivity index is 0. The average Bonchev–Trinajstić information content (AvgIpc) is 1.14. The van der Waals surface area contributed by atoms with Gasteiger partial charge in [-0.25, -0.2) is 28.3 Å². The number of ether oxygens (including phenoxy) is 5. The number of nitrogen functional groups attached to an aromatic ring is 2. The van der Waals surface area contributed by atoms with E-state index in [1.807, 2.05) is 6.07 Å². The minimum atomic E-state index is -4.63. The van der Waals surface area contributed by atoms with E-state index in [0.29, 0.717) is 34.3 Å². The zero-order chi connectivity index (χ0) is 75.1. The predicted octanol–water partition coefficient (Wildman–Crippen LogP) is 9.46. The second-order valence-electron chi connectivity index (χ2n) is 19.8. The Labute approximate surface area is 645 Å². The molecule has 7 aromatic carbocycles. The van der Waals surface area contributed by atoms with Crippen LogP contribution >= 0.6 is 39.1 Å². The number of nitrogens with two attached hydrogens (primary N) is 2. The number of esters is 2. The maximum absolute atomic E-state index is 12.9. The number of aromatic hydroxyl groups is 2. The molecule has 42 heteroatoms. The van der Waals surface area contributed by atoms with Gasteiger partial charge in [0.1, 0.15) is 58.9 Å². The van der Waals surface area contributed by atoms with E-state index in [4.69, 9.17) is 64.2 Å². The van der Waals surface area contributed by atoms with Gasteiger partial charge in [0.2, 0.25) is 0 Å². The summed E-state index contributed by atoms with van der Waals surface area (Å²) in [5.74, 6) is -0.534. The van der Waals surface area contributed by atoms with Gasteiger partial charge in [0.15, 0.2) is 18.3 Å². The number of hydrogen-bond acceptors (Lipinski definition) is 26. The number of phenols is 2. The number of aromatic nitrogens is 16. The van der Waals surface area contributed by atoms with Gasteiger partial charge in [0.05, 0.1) is 58.1 Å². The molecule has 0 aliphatic carbocycles. The first kappa shape index (κ1) is 98.6. The fourth-order valence-corrected chi connectivity index (χ4v) is 7.93. The van der Waals surface area contributed by atoms with Crippen molar-refractivity contribution < 1.29 is 109 Å². The summed E-state index contributed by atoms with van der Waals surface area (Å²) in [5, 5.41) is 71.3. The summed E-state index contributed by atoms with van der Waals surface area (Å²) >= 11 is 13.9. The largest absolute Gasteiger partial charge is 1.00 e. The first-order valence-corrected chi connectivity index (χ1v) is 30.4. The molecule has 0 spiro atoms. The maximum Gasteiger partial charge on any atom is 1.00 e. The van der Waals surface area contributed by atoms with Crippen LogP contribution in [0.2, 0.25) is 10.0 Å². The Hall–Kier alpha value is -11.5. The second kappa shape index (κ2) is 48.6. The summed E-state index contributed by atoms with van der Waals surface area (Å²) in [5.41, 5.74) is 11.9. The van der Waals surface area contributed by atoms with Crippen molar-refractivity contribution in [2.75, 3.05) is 31.0 Å². The molecule has 0 radical (unpaired) electrons. The second-order valence-corrected chi connectivity index (χ2v) is 22.0. The van der Waals surface area contributed by atoms with Crippen LogP contribution in [0, 0.1) is 0 Å². The molecule has 4 atom stereocenters. The molecular weight excluding hydrogens is 1540 g/mol. The number of anilines is 3. The summed E-state index contributed by atoms with van der Waals surface area (Å²) in [4.78, 5) is 44.2. The molecule has 11 rings (SSSR count). The van der Waals surface area contributed by atoms with Gasteiger partial charge in [-0.2, -0.15) is 26.3 Å². The van der Waals surface area contributed by atoms with Crippen molar-refractivity contribution in [2.45, 2.75) is 92.9 Å². The van der Waals surface area contributed by atoms with Crippen molar-refractivity contribution in [2.24, 2.45) is 0 Å². The molecule has 4 heterocycles. The molecule has 0 fully saturated rings. The third kappa shape index (κ3) is 33.7. The van der Waals surface area contributed by atoms with E-state index in [9.17, 15) is 45.5 Å². The number of carboxylic acids is 1. The van der Waals surface area contributed by atoms with E-state index in [2.05, 4.69) is 92.8 Å². The molecule has 578 valence electrons. The normalized spacial score (nSPS) is 11.0. The van der Waals surface area contributed by atoms with E-state index < -0.39 is 64.7 Å². The molecule has 11 aromatic rings. The SMILES string of the molecule is C.C.C.C.CC(Oc1cccc(-n2cnnn2)c1)C(=O)Nc1ccc(Cl)c(C(F)(F)F)c1.CC(Oc1cccc(-n2cnnn2)c1)C(=O)O.COC(=O)C(C)Br.COC(=O)C(C)Oc1cccc(-n2cnnn2)c1.Nc1ccc(Cl)c(C(F)(F)F)c1.Nc1cccc(O)c1.Oc1cccc(-n2cnnn2)c1.[Li+].[OH-].